The zero-order chi connectivity index (χ0) is 16.5. The Bertz CT molecular complexity index is 1000. The summed E-state index contributed by atoms with van der Waals surface area (Å²) in [5.41, 5.74) is 4.11. The van der Waals surface area contributed by atoms with E-state index >= 15 is 0 Å². The predicted octanol–water partition coefficient (Wildman–Crippen LogP) is 5.59. The molecule has 1 N–H and O–H groups in total. The number of benzene rings is 2. The fourth-order valence-electron chi connectivity index (χ4n) is 2.45. The van der Waals surface area contributed by atoms with Crippen molar-refractivity contribution in [1.29, 1.82) is 0 Å². The van der Waals surface area contributed by atoms with Crippen LogP contribution in [0.5, 0.6) is 0 Å². The second-order valence-electron chi connectivity index (χ2n) is 5.50. The summed E-state index contributed by atoms with van der Waals surface area (Å²) in [6, 6.07) is 17.8. The standard InChI is InChI=1S/C19H14N2OS2/c1-12-4-9-15-17(11-12)24-19(21-15)13-5-7-14(8-6-13)20-18(22)16-3-2-10-23-16/h2-11H,1H3,(H,20,22). The monoisotopic (exact) mass is 350 g/mol. The van der Waals surface area contributed by atoms with Crippen LogP contribution in [-0.2, 0) is 0 Å². The van der Waals surface area contributed by atoms with Crippen LogP contribution in [0.25, 0.3) is 20.8 Å². The largest absolute Gasteiger partial charge is 0.321 e. The molecule has 2 aromatic heterocycles. The molecule has 4 rings (SSSR count). The van der Waals surface area contributed by atoms with E-state index in [1.807, 2.05) is 41.8 Å². The van der Waals surface area contributed by atoms with Crippen molar-refractivity contribution in [2.75, 3.05) is 5.32 Å². The number of hydrogen-bond acceptors (Lipinski definition) is 4. The van der Waals surface area contributed by atoms with Crippen molar-refractivity contribution >= 4 is 44.5 Å². The van der Waals surface area contributed by atoms with Gasteiger partial charge >= 0.3 is 0 Å². The molecule has 24 heavy (non-hydrogen) atoms. The molecule has 0 saturated carbocycles. The van der Waals surface area contributed by atoms with E-state index in [0.29, 0.717) is 4.88 Å². The zero-order valence-electron chi connectivity index (χ0n) is 12.9. The first kappa shape index (κ1) is 15.1. The van der Waals surface area contributed by atoms with Crippen molar-refractivity contribution in [2.24, 2.45) is 0 Å². The van der Waals surface area contributed by atoms with Crippen LogP contribution in [0.4, 0.5) is 5.69 Å². The zero-order valence-corrected chi connectivity index (χ0v) is 14.6. The minimum Gasteiger partial charge on any atom is -0.321 e. The summed E-state index contributed by atoms with van der Waals surface area (Å²) < 4.78 is 1.19. The van der Waals surface area contributed by atoms with Crippen LogP contribution in [0, 0.1) is 6.92 Å². The molecule has 5 heteroatoms. The van der Waals surface area contributed by atoms with Crippen molar-refractivity contribution in [3.05, 3.63) is 70.4 Å². The Balaban J connectivity index is 1.57. The number of hydrogen-bond donors (Lipinski definition) is 1. The molecule has 0 radical (unpaired) electrons. The minimum absolute atomic E-state index is 0.0757. The van der Waals surface area contributed by atoms with Gasteiger partial charge in [-0.1, -0.05) is 12.1 Å². The van der Waals surface area contributed by atoms with Gasteiger partial charge in [-0.05, 0) is 60.3 Å². The lowest BCUT2D eigenvalue weighted by Crippen LogP contribution is -2.09. The fraction of sp³-hybridized carbons (Fsp3) is 0.0526. The van der Waals surface area contributed by atoms with Gasteiger partial charge < -0.3 is 5.32 Å². The van der Waals surface area contributed by atoms with Gasteiger partial charge in [0.25, 0.3) is 5.91 Å². The van der Waals surface area contributed by atoms with Crippen molar-refractivity contribution in [1.82, 2.24) is 4.98 Å². The number of aryl methyl sites for hydroxylation is 1. The van der Waals surface area contributed by atoms with Crippen LogP contribution in [0.3, 0.4) is 0 Å². The lowest BCUT2D eigenvalue weighted by molar-refractivity contribution is 0.103. The van der Waals surface area contributed by atoms with Crippen LogP contribution in [0.2, 0.25) is 0 Å². The third kappa shape index (κ3) is 2.96. The molecular weight excluding hydrogens is 336 g/mol. The van der Waals surface area contributed by atoms with E-state index in [0.717, 1.165) is 21.8 Å². The van der Waals surface area contributed by atoms with Crippen LogP contribution < -0.4 is 5.32 Å². The van der Waals surface area contributed by atoms with Gasteiger partial charge in [0.05, 0.1) is 15.1 Å². The van der Waals surface area contributed by atoms with Gasteiger partial charge in [-0.15, -0.1) is 22.7 Å². The minimum atomic E-state index is -0.0757. The lowest BCUT2D eigenvalue weighted by Gasteiger charge is -2.04. The number of thiophene rings is 1. The summed E-state index contributed by atoms with van der Waals surface area (Å²) in [6.45, 7) is 2.09. The van der Waals surface area contributed by atoms with Crippen molar-refractivity contribution in [2.45, 2.75) is 6.92 Å². The van der Waals surface area contributed by atoms with Crippen molar-refractivity contribution in [3.8, 4) is 10.6 Å². The number of anilines is 1. The molecule has 0 fully saturated rings. The number of carbonyl (C=O) groups excluding carboxylic acids is 1. The number of amides is 1. The SMILES string of the molecule is Cc1ccc2nc(-c3ccc(NC(=O)c4cccs4)cc3)sc2c1. The number of fused-ring (bicyclic) bond motifs is 1. The Hall–Kier alpha value is -2.50. The molecule has 2 aromatic carbocycles. The number of carbonyl (C=O) groups is 1. The number of nitrogens with zero attached hydrogens (tertiary/aromatic N) is 1. The van der Waals surface area contributed by atoms with E-state index in [4.69, 9.17) is 0 Å². The number of aromatic nitrogens is 1. The second-order valence-corrected chi connectivity index (χ2v) is 7.48. The van der Waals surface area contributed by atoms with E-state index in [-0.39, 0.29) is 5.91 Å². The quantitative estimate of drug-likeness (QED) is 0.523. The third-order valence-corrected chi connectivity index (χ3v) is 5.61. The first-order chi connectivity index (χ1) is 11.7. The highest BCUT2D eigenvalue weighted by Gasteiger charge is 2.09. The molecule has 0 aliphatic heterocycles. The Morgan fingerprint density at radius 1 is 1.08 bits per heavy atom. The maximum absolute atomic E-state index is 12.1. The topological polar surface area (TPSA) is 42.0 Å². The maximum atomic E-state index is 12.1. The highest BCUT2D eigenvalue weighted by Crippen LogP contribution is 2.31. The Morgan fingerprint density at radius 3 is 2.67 bits per heavy atom. The first-order valence-corrected chi connectivity index (χ1v) is 9.21. The van der Waals surface area contributed by atoms with Gasteiger partial charge in [-0.25, -0.2) is 4.98 Å². The summed E-state index contributed by atoms with van der Waals surface area (Å²) in [5.74, 6) is -0.0757. The molecule has 0 aliphatic carbocycles. The molecular formula is C19H14N2OS2. The Morgan fingerprint density at radius 2 is 1.92 bits per heavy atom. The molecule has 0 atom stereocenters. The van der Waals surface area contributed by atoms with E-state index in [9.17, 15) is 4.79 Å². The van der Waals surface area contributed by atoms with Gasteiger partial charge in [0, 0.05) is 11.3 Å². The number of thiazole rings is 1. The van der Waals surface area contributed by atoms with E-state index < -0.39 is 0 Å². The van der Waals surface area contributed by atoms with Gasteiger partial charge in [-0.2, -0.15) is 0 Å². The van der Waals surface area contributed by atoms with Crippen LogP contribution in [0.1, 0.15) is 15.2 Å². The average Bonchev–Trinajstić information content (AvgIpc) is 3.24. The molecule has 118 valence electrons. The van der Waals surface area contributed by atoms with Crippen LogP contribution in [-0.4, -0.2) is 10.9 Å². The third-order valence-electron chi connectivity index (χ3n) is 3.68. The molecule has 1 amide bonds. The number of rotatable bonds is 3. The normalized spacial score (nSPS) is 10.9. The van der Waals surface area contributed by atoms with E-state index in [1.165, 1.54) is 21.6 Å². The summed E-state index contributed by atoms with van der Waals surface area (Å²) in [7, 11) is 0. The van der Waals surface area contributed by atoms with Crippen LogP contribution >= 0.6 is 22.7 Å². The summed E-state index contributed by atoms with van der Waals surface area (Å²) in [6.07, 6.45) is 0. The molecule has 0 unspecified atom stereocenters. The summed E-state index contributed by atoms with van der Waals surface area (Å²) in [4.78, 5) is 17.5. The van der Waals surface area contributed by atoms with E-state index in [2.05, 4.69) is 35.4 Å². The van der Waals surface area contributed by atoms with Gasteiger partial charge in [0.1, 0.15) is 5.01 Å². The van der Waals surface area contributed by atoms with Gasteiger partial charge in [0.2, 0.25) is 0 Å². The van der Waals surface area contributed by atoms with Crippen molar-refractivity contribution in [3.63, 3.8) is 0 Å². The molecule has 0 saturated heterocycles. The average molecular weight is 350 g/mol. The molecule has 0 aliphatic rings. The van der Waals surface area contributed by atoms with Crippen molar-refractivity contribution < 1.29 is 4.79 Å². The molecule has 0 bridgehead atoms. The Labute approximate surface area is 147 Å². The molecule has 0 spiro atoms. The Kier molecular flexibility index (Phi) is 3.88. The van der Waals surface area contributed by atoms with E-state index in [1.54, 1.807) is 11.3 Å². The predicted molar refractivity (Wildman–Crippen MR) is 102 cm³/mol. The smallest absolute Gasteiger partial charge is 0.265 e. The summed E-state index contributed by atoms with van der Waals surface area (Å²) in [5, 5.41) is 5.80. The highest BCUT2D eigenvalue weighted by molar-refractivity contribution is 7.21. The van der Waals surface area contributed by atoms with Gasteiger partial charge in [0.15, 0.2) is 0 Å². The molecule has 2 heterocycles. The maximum Gasteiger partial charge on any atom is 0.265 e. The summed E-state index contributed by atoms with van der Waals surface area (Å²) >= 11 is 3.12. The lowest BCUT2D eigenvalue weighted by atomic mass is 10.2. The molecule has 4 aromatic rings. The number of nitrogens with one attached hydrogen (secondary N) is 1. The van der Waals surface area contributed by atoms with Gasteiger partial charge in [-0.3, -0.25) is 4.79 Å². The first-order valence-electron chi connectivity index (χ1n) is 7.51. The molecule has 3 nitrogen and oxygen atoms in total. The highest BCUT2D eigenvalue weighted by atomic mass is 32.1. The fourth-order valence-corrected chi connectivity index (χ4v) is 4.14. The van der Waals surface area contributed by atoms with Crippen LogP contribution in [0.15, 0.2) is 60.0 Å². The second kappa shape index (κ2) is 6.19.